The molecule has 0 aliphatic carbocycles. The Hall–Kier alpha value is -1.13. The molecule has 2 aromatic rings. The minimum Gasteiger partial charge on any atom is -0.481 e. The van der Waals surface area contributed by atoms with Crippen molar-refractivity contribution in [2.75, 3.05) is 7.11 Å². The van der Waals surface area contributed by atoms with Crippen LogP contribution >= 0.6 is 27.5 Å². The minimum atomic E-state index is 0.525. The average molecular weight is 330 g/mol. The van der Waals surface area contributed by atoms with E-state index in [4.69, 9.17) is 16.3 Å². The quantitative estimate of drug-likeness (QED) is 0.808. The minimum absolute atomic E-state index is 0.525. The van der Waals surface area contributed by atoms with Gasteiger partial charge in [0.25, 0.3) is 0 Å². The number of hydrogen-bond donors (Lipinski definition) is 0. The molecular weight excluding hydrogens is 316 g/mol. The Kier molecular flexibility index (Phi) is 6.09. The summed E-state index contributed by atoms with van der Waals surface area (Å²) in [5.41, 5.74) is 1.68. The van der Waals surface area contributed by atoms with Crippen LogP contribution in [-0.4, -0.2) is 17.1 Å². The van der Waals surface area contributed by atoms with Crippen LogP contribution in [0.25, 0.3) is 11.3 Å². The lowest BCUT2D eigenvalue weighted by molar-refractivity contribution is 0.397. The number of aromatic nitrogens is 2. The largest absolute Gasteiger partial charge is 0.481 e. The molecule has 18 heavy (non-hydrogen) atoms. The van der Waals surface area contributed by atoms with E-state index in [1.165, 1.54) is 6.33 Å². The van der Waals surface area contributed by atoms with E-state index in [9.17, 15) is 0 Å². The Morgan fingerprint density at radius 3 is 2.56 bits per heavy atom. The van der Waals surface area contributed by atoms with Crippen LogP contribution < -0.4 is 4.74 Å². The van der Waals surface area contributed by atoms with Crippen molar-refractivity contribution < 1.29 is 4.74 Å². The SMILES string of the molecule is CC.COc1cc(-c2cc(Cl)ccc2Br)ncn1. The van der Waals surface area contributed by atoms with Gasteiger partial charge < -0.3 is 4.74 Å². The van der Waals surface area contributed by atoms with Gasteiger partial charge in [-0.1, -0.05) is 41.4 Å². The maximum atomic E-state index is 5.94. The van der Waals surface area contributed by atoms with E-state index in [0.717, 1.165) is 15.7 Å². The second-order valence-electron chi connectivity index (χ2n) is 3.07. The van der Waals surface area contributed by atoms with Gasteiger partial charge in [0.15, 0.2) is 0 Å². The number of rotatable bonds is 2. The first-order valence-corrected chi connectivity index (χ1v) is 6.69. The molecule has 0 bridgehead atoms. The number of halogens is 2. The Labute approximate surface area is 120 Å². The van der Waals surface area contributed by atoms with Gasteiger partial charge in [-0.15, -0.1) is 0 Å². The van der Waals surface area contributed by atoms with Crippen molar-refractivity contribution in [3.8, 4) is 17.1 Å². The van der Waals surface area contributed by atoms with Gasteiger partial charge in [0.1, 0.15) is 6.33 Å². The normalized spacial score (nSPS) is 9.39. The van der Waals surface area contributed by atoms with E-state index in [1.54, 1.807) is 13.2 Å². The van der Waals surface area contributed by atoms with E-state index in [2.05, 4.69) is 25.9 Å². The first-order valence-electron chi connectivity index (χ1n) is 5.52. The van der Waals surface area contributed by atoms with Gasteiger partial charge in [0.2, 0.25) is 5.88 Å². The maximum Gasteiger partial charge on any atom is 0.216 e. The van der Waals surface area contributed by atoms with Gasteiger partial charge in [-0.25, -0.2) is 9.97 Å². The first-order chi connectivity index (χ1) is 8.70. The van der Waals surface area contributed by atoms with E-state index in [-0.39, 0.29) is 0 Å². The van der Waals surface area contributed by atoms with Crippen LogP contribution in [0.3, 0.4) is 0 Å². The highest BCUT2D eigenvalue weighted by Crippen LogP contribution is 2.30. The molecule has 3 nitrogen and oxygen atoms in total. The second-order valence-corrected chi connectivity index (χ2v) is 4.36. The molecule has 96 valence electrons. The van der Waals surface area contributed by atoms with Gasteiger partial charge in [-0.3, -0.25) is 0 Å². The van der Waals surface area contributed by atoms with Crippen molar-refractivity contribution in [3.63, 3.8) is 0 Å². The zero-order valence-electron chi connectivity index (χ0n) is 10.4. The summed E-state index contributed by atoms with van der Waals surface area (Å²) in [7, 11) is 1.57. The Morgan fingerprint density at radius 2 is 1.89 bits per heavy atom. The maximum absolute atomic E-state index is 5.94. The van der Waals surface area contributed by atoms with E-state index in [0.29, 0.717) is 10.9 Å². The predicted octanol–water partition coefficient (Wildman–Crippen LogP) is 4.59. The first kappa shape index (κ1) is 14.9. The molecule has 0 saturated heterocycles. The molecule has 1 aromatic heterocycles. The van der Waals surface area contributed by atoms with Gasteiger partial charge in [0.05, 0.1) is 12.8 Å². The Bertz CT molecular complexity index is 520. The number of benzene rings is 1. The molecule has 0 unspecified atom stereocenters. The molecule has 1 heterocycles. The average Bonchev–Trinajstić information content (AvgIpc) is 2.44. The lowest BCUT2D eigenvalue weighted by atomic mass is 10.1. The Morgan fingerprint density at radius 1 is 1.17 bits per heavy atom. The van der Waals surface area contributed by atoms with Crippen LogP contribution in [0, 0.1) is 0 Å². The summed E-state index contributed by atoms with van der Waals surface area (Å²) in [5, 5.41) is 0.663. The highest BCUT2D eigenvalue weighted by Gasteiger charge is 2.06. The third-order valence-electron chi connectivity index (χ3n) is 2.06. The summed E-state index contributed by atoms with van der Waals surface area (Å²) in [4.78, 5) is 8.13. The molecule has 0 N–H and O–H groups in total. The summed E-state index contributed by atoms with van der Waals surface area (Å²) < 4.78 is 5.98. The van der Waals surface area contributed by atoms with Crippen molar-refractivity contribution in [3.05, 3.63) is 40.1 Å². The van der Waals surface area contributed by atoms with Gasteiger partial charge in [0, 0.05) is 21.1 Å². The molecule has 0 amide bonds. The number of ether oxygens (including phenoxy) is 1. The summed E-state index contributed by atoms with van der Waals surface area (Å²) in [6, 6.07) is 7.30. The van der Waals surface area contributed by atoms with Crippen molar-refractivity contribution in [1.29, 1.82) is 0 Å². The van der Waals surface area contributed by atoms with Crippen LogP contribution in [0.1, 0.15) is 13.8 Å². The van der Waals surface area contributed by atoms with E-state index < -0.39 is 0 Å². The standard InChI is InChI=1S/C11H8BrClN2O.C2H6/c1-16-11-5-10(14-6-15-11)8-4-7(13)2-3-9(8)12;1-2/h2-6H,1H3;1-2H3. The molecule has 0 aliphatic heterocycles. The predicted molar refractivity (Wildman–Crippen MR) is 78.1 cm³/mol. The topological polar surface area (TPSA) is 35.0 Å². The number of methoxy groups -OCH3 is 1. The van der Waals surface area contributed by atoms with Gasteiger partial charge >= 0.3 is 0 Å². The molecule has 0 atom stereocenters. The molecule has 5 heteroatoms. The fourth-order valence-corrected chi connectivity index (χ4v) is 1.91. The van der Waals surface area contributed by atoms with Crippen LogP contribution in [0.5, 0.6) is 5.88 Å². The second kappa shape index (κ2) is 7.34. The molecular formula is C13H14BrClN2O. The highest BCUT2D eigenvalue weighted by atomic mass is 79.9. The van der Waals surface area contributed by atoms with Crippen molar-refractivity contribution in [1.82, 2.24) is 9.97 Å². The van der Waals surface area contributed by atoms with Gasteiger partial charge in [-0.05, 0) is 18.2 Å². The fraction of sp³-hybridized carbons (Fsp3) is 0.231. The summed E-state index contributed by atoms with van der Waals surface area (Å²) in [6.45, 7) is 4.00. The van der Waals surface area contributed by atoms with Crippen LogP contribution in [-0.2, 0) is 0 Å². The van der Waals surface area contributed by atoms with Crippen LogP contribution in [0.4, 0.5) is 0 Å². The van der Waals surface area contributed by atoms with Gasteiger partial charge in [-0.2, -0.15) is 0 Å². The van der Waals surface area contributed by atoms with E-state index in [1.807, 2.05) is 32.0 Å². The Balaban J connectivity index is 0.000000771. The smallest absolute Gasteiger partial charge is 0.216 e. The third-order valence-corrected chi connectivity index (χ3v) is 2.98. The zero-order valence-corrected chi connectivity index (χ0v) is 12.8. The van der Waals surface area contributed by atoms with Crippen LogP contribution in [0.15, 0.2) is 35.1 Å². The third kappa shape index (κ3) is 3.68. The number of nitrogens with zero attached hydrogens (tertiary/aromatic N) is 2. The molecule has 2 rings (SSSR count). The lowest BCUT2D eigenvalue weighted by Gasteiger charge is -2.05. The highest BCUT2D eigenvalue weighted by molar-refractivity contribution is 9.10. The monoisotopic (exact) mass is 328 g/mol. The van der Waals surface area contributed by atoms with Crippen molar-refractivity contribution >= 4 is 27.5 Å². The molecule has 0 radical (unpaired) electrons. The lowest BCUT2D eigenvalue weighted by Crippen LogP contribution is -1.91. The molecule has 0 saturated carbocycles. The van der Waals surface area contributed by atoms with Crippen molar-refractivity contribution in [2.45, 2.75) is 13.8 Å². The zero-order chi connectivity index (χ0) is 13.5. The molecule has 0 aliphatic rings. The molecule has 0 spiro atoms. The summed E-state index contributed by atoms with van der Waals surface area (Å²) in [5.74, 6) is 0.525. The molecule has 1 aromatic carbocycles. The summed E-state index contributed by atoms with van der Waals surface area (Å²) in [6.07, 6.45) is 1.46. The van der Waals surface area contributed by atoms with Crippen LogP contribution in [0.2, 0.25) is 5.02 Å². The van der Waals surface area contributed by atoms with Crippen molar-refractivity contribution in [2.24, 2.45) is 0 Å². The molecule has 0 fully saturated rings. The van der Waals surface area contributed by atoms with E-state index >= 15 is 0 Å². The summed E-state index contributed by atoms with van der Waals surface area (Å²) >= 11 is 9.40. The fourth-order valence-electron chi connectivity index (χ4n) is 1.29. The number of hydrogen-bond acceptors (Lipinski definition) is 3.